The van der Waals surface area contributed by atoms with Crippen LogP contribution in [0.15, 0.2) is 24.3 Å². The molecule has 0 spiro atoms. The van der Waals surface area contributed by atoms with E-state index in [0.29, 0.717) is 5.75 Å². The molecular formula is C11H15NO3. The van der Waals surface area contributed by atoms with Gasteiger partial charge in [0.25, 0.3) is 0 Å². The zero-order valence-corrected chi connectivity index (χ0v) is 8.86. The fourth-order valence-corrected chi connectivity index (χ4v) is 1.42. The van der Waals surface area contributed by atoms with Crippen molar-refractivity contribution in [2.45, 2.75) is 13.0 Å². The van der Waals surface area contributed by atoms with Gasteiger partial charge in [-0.25, -0.2) is 0 Å². The van der Waals surface area contributed by atoms with Gasteiger partial charge in [0.2, 0.25) is 5.91 Å². The van der Waals surface area contributed by atoms with Crippen molar-refractivity contribution in [3.63, 3.8) is 0 Å². The molecule has 4 nitrogen and oxygen atoms in total. The average Bonchev–Trinajstić information content (AvgIpc) is 2.25. The third kappa shape index (κ3) is 2.95. The van der Waals surface area contributed by atoms with E-state index in [0.717, 1.165) is 5.56 Å². The summed E-state index contributed by atoms with van der Waals surface area (Å²) < 4.78 is 5.15. The van der Waals surface area contributed by atoms with Gasteiger partial charge in [0.05, 0.1) is 19.8 Å². The Morgan fingerprint density at radius 3 is 2.73 bits per heavy atom. The molecule has 0 radical (unpaired) electrons. The number of aliphatic hydroxyl groups excluding tert-OH is 1. The van der Waals surface area contributed by atoms with Gasteiger partial charge < -0.3 is 15.2 Å². The number of hydrogen-bond donors (Lipinski definition) is 2. The lowest BCUT2D eigenvalue weighted by Crippen LogP contribution is -2.28. The molecule has 82 valence electrons. The van der Waals surface area contributed by atoms with Gasteiger partial charge in [-0.2, -0.15) is 0 Å². The number of hydrogen-bond acceptors (Lipinski definition) is 3. The quantitative estimate of drug-likeness (QED) is 0.773. The fraction of sp³-hybridized carbons (Fsp3) is 0.364. The maximum Gasteiger partial charge on any atom is 0.217 e. The summed E-state index contributed by atoms with van der Waals surface area (Å²) in [5.74, 6) is 0.477. The SMILES string of the molecule is COc1ccccc1[C@@H](CO)NC(C)=O. The van der Waals surface area contributed by atoms with Crippen molar-refractivity contribution in [3.05, 3.63) is 29.8 Å². The third-order valence-corrected chi connectivity index (χ3v) is 2.07. The summed E-state index contributed by atoms with van der Waals surface area (Å²) in [4.78, 5) is 10.9. The number of carbonyl (C=O) groups is 1. The molecule has 1 aromatic carbocycles. The molecule has 0 fully saturated rings. The monoisotopic (exact) mass is 209 g/mol. The van der Waals surface area contributed by atoms with Gasteiger partial charge in [-0.3, -0.25) is 4.79 Å². The lowest BCUT2D eigenvalue weighted by molar-refractivity contribution is -0.120. The molecule has 1 rings (SSSR count). The minimum Gasteiger partial charge on any atom is -0.496 e. The molecule has 0 aliphatic rings. The Balaban J connectivity index is 2.95. The van der Waals surface area contributed by atoms with Crippen LogP contribution in [-0.4, -0.2) is 24.7 Å². The Bertz CT molecular complexity index is 338. The number of benzene rings is 1. The summed E-state index contributed by atoms with van der Waals surface area (Å²) in [6.45, 7) is 1.26. The second-order valence-electron chi connectivity index (χ2n) is 3.18. The van der Waals surface area contributed by atoms with E-state index in [1.807, 2.05) is 18.2 Å². The Hall–Kier alpha value is -1.55. The van der Waals surface area contributed by atoms with Crippen molar-refractivity contribution >= 4 is 5.91 Å². The predicted molar refractivity (Wildman–Crippen MR) is 56.6 cm³/mol. The molecule has 0 heterocycles. The second-order valence-corrected chi connectivity index (χ2v) is 3.18. The second kappa shape index (κ2) is 5.36. The number of nitrogens with one attached hydrogen (secondary N) is 1. The average molecular weight is 209 g/mol. The Morgan fingerprint density at radius 1 is 1.53 bits per heavy atom. The van der Waals surface area contributed by atoms with Gasteiger partial charge in [0, 0.05) is 12.5 Å². The van der Waals surface area contributed by atoms with Gasteiger partial charge >= 0.3 is 0 Å². The molecule has 1 aromatic rings. The third-order valence-electron chi connectivity index (χ3n) is 2.07. The zero-order valence-electron chi connectivity index (χ0n) is 8.86. The molecular weight excluding hydrogens is 194 g/mol. The lowest BCUT2D eigenvalue weighted by atomic mass is 10.1. The molecule has 0 saturated carbocycles. The standard InChI is InChI=1S/C11H15NO3/c1-8(14)12-10(7-13)9-5-3-4-6-11(9)15-2/h3-6,10,13H,7H2,1-2H3,(H,12,14)/t10-/m1/s1. The molecule has 2 N–H and O–H groups in total. The van der Waals surface area contributed by atoms with E-state index in [1.165, 1.54) is 6.92 Å². The Labute approximate surface area is 88.9 Å². The first-order valence-electron chi connectivity index (χ1n) is 4.70. The van der Waals surface area contributed by atoms with Gasteiger partial charge in [-0.1, -0.05) is 18.2 Å². The number of carbonyl (C=O) groups excluding carboxylic acids is 1. The van der Waals surface area contributed by atoms with E-state index in [4.69, 9.17) is 4.74 Å². The summed E-state index contributed by atoms with van der Waals surface area (Å²) in [5.41, 5.74) is 0.776. The van der Waals surface area contributed by atoms with E-state index in [2.05, 4.69) is 5.32 Å². The number of ether oxygens (including phenoxy) is 1. The Morgan fingerprint density at radius 2 is 2.20 bits per heavy atom. The number of rotatable bonds is 4. The summed E-state index contributed by atoms with van der Waals surface area (Å²) in [6.07, 6.45) is 0. The number of para-hydroxylation sites is 1. The molecule has 0 aromatic heterocycles. The van der Waals surface area contributed by atoms with Crippen LogP contribution in [0.5, 0.6) is 5.75 Å². The highest BCUT2D eigenvalue weighted by Gasteiger charge is 2.15. The van der Waals surface area contributed by atoms with Crippen LogP contribution in [0.2, 0.25) is 0 Å². The van der Waals surface area contributed by atoms with E-state index in [-0.39, 0.29) is 12.5 Å². The van der Waals surface area contributed by atoms with Crippen molar-refractivity contribution in [3.8, 4) is 5.75 Å². The molecule has 15 heavy (non-hydrogen) atoms. The highest BCUT2D eigenvalue weighted by molar-refractivity contribution is 5.73. The highest BCUT2D eigenvalue weighted by Crippen LogP contribution is 2.24. The van der Waals surface area contributed by atoms with Gasteiger partial charge in [-0.15, -0.1) is 0 Å². The van der Waals surface area contributed by atoms with Gasteiger partial charge in [-0.05, 0) is 6.07 Å². The van der Waals surface area contributed by atoms with Crippen molar-refractivity contribution in [2.24, 2.45) is 0 Å². The van der Waals surface area contributed by atoms with E-state index in [9.17, 15) is 9.90 Å². The largest absolute Gasteiger partial charge is 0.496 e. The number of aliphatic hydroxyl groups is 1. The normalized spacial score (nSPS) is 11.9. The molecule has 1 atom stereocenters. The van der Waals surface area contributed by atoms with Crippen LogP contribution in [0, 0.1) is 0 Å². The number of amides is 1. The zero-order chi connectivity index (χ0) is 11.3. The van der Waals surface area contributed by atoms with Crippen LogP contribution in [0.3, 0.4) is 0 Å². The van der Waals surface area contributed by atoms with Crippen LogP contribution in [0.1, 0.15) is 18.5 Å². The first kappa shape index (κ1) is 11.5. The minimum absolute atomic E-state index is 0.153. The molecule has 0 bridgehead atoms. The smallest absolute Gasteiger partial charge is 0.217 e. The first-order chi connectivity index (χ1) is 7.19. The van der Waals surface area contributed by atoms with Crippen LogP contribution >= 0.6 is 0 Å². The number of methoxy groups -OCH3 is 1. The van der Waals surface area contributed by atoms with Gasteiger partial charge in [0.15, 0.2) is 0 Å². The van der Waals surface area contributed by atoms with E-state index < -0.39 is 6.04 Å². The van der Waals surface area contributed by atoms with Crippen molar-refractivity contribution in [1.29, 1.82) is 0 Å². The highest BCUT2D eigenvalue weighted by atomic mass is 16.5. The molecule has 4 heteroatoms. The maximum absolute atomic E-state index is 10.9. The molecule has 0 saturated heterocycles. The molecule has 0 aliphatic carbocycles. The van der Waals surface area contributed by atoms with Crippen LogP contribution < -0.4 is 10.1 Å². The summed E-state index contributed by atoms with van der Waals surface area (Å²) in [6, 6.07) is 6.86. The lowest BCUT2D eigenvalue weighted by Gasteiger charge is -2.18. The summed E-state index contributed by atoms with van der Waals surface area (Å²) in [5, 5.41) is 11.8. The molecule has 0 unspecified atom stereocenters. The predicted octanol–water partition coefficient (Wildman–Crippen LogP) is 0.865. The summed E-state index contributed by atoms with van der Waals surface area (Å²) in [7, 11) is 1.56. The first-order valence-corrected chi connectivity index (χ1v) is 4.70. The van der Waals surface area contributed by atoms with E-state index >= 15 is 0 Å². The fourth-order valence-electron chi connectivity index (χ4n) is 1.42. The summed E-state index contributed by atoms with van der Waals surface area (Å²) >= 11 is 0. The maximum atomic E-state index is 10.9. The van der Waals surface area contributed by atoms with Crippen LogP contribution in [0.25, 0.3) is 0 Å². The van der Waals surface area contributed by atoms with Crippen LogP contribution in [0.4, 0.5) is 0 Å². The van der Waals surface area contributed by atoms with Crippen molar-refractivity contribution < 1.29 is 14.6 Å². The van der Waals surface area contributed by atoms with Crippen LogP contribution in [-0.2, 0) is 4.79 Å². The minimum atomic E-state index is -0.418. The molecule has 1 amide bonds. The van der Waals surface area contributed by atoms with Crippen molar-refractivity contribution in [1.82, 2.24) is 5.32 Å². The molecule has 0 aliphatic heterocycles. The topological polar surface area (TPSA) is 58.6 Å². The van der Waals surface area contributed by atoms with E-state index in [1.54, 1.807) is 13.2 Å². The Kier molecular flexibility index (Phi) is 4.12. The van der Waals surface area contributed by atoms with Crippen molar-refractivity contribution in [2.75, 3.05) is 13.7 Å². The van der Waals surface area contributed by atoms with Gasteiger partial charge in [0.1, 0.15) is 5.75 Å².